The van der Waals surface area contributed by atoms with Crippen molar-refractivity contribution >= 4 is 21.6 Å². The molecule has 0 atom stereocenters. The number of hydrogen-bond donors (Lipinski definition) is 2. The quantitative estimate of drug-likeness (QED) is 0.872. The number of sulfonamides is 1. The summed E-state index contributed by atoms with van der Waals surface area (Å²) in [5.74, 6) is 0.621. The smallest absolute Gasteiger partial charge is 0.240 e. The Labute approximate surface area is 122 Å². The zero-order chi connectivity index (χ0) is 14.8. The van der Waals surface area contributed by atoms with Crippen molar-refractivity contribution in [1.82, 2.24) is 9.88 Å². The van der Waals surface area contributed by atoms with Crippen molar-refractivity contribution in [2.45, 2.75) is 24.9 Å². The second kappa shape index (κ2) is 5.92. The van der Waals surface area contributed by atoms with Gasteiger partial charge < -0.3 is 10.3 Å². The molecule has 6 nitrogen and oxygen atoms in total. The minimum atomic E-state index is -3.64. The molecule has 0 fully saturated rings. The van der Waals surface area contributed by atoms with Gasteiger partial charge in [-0.1, -0.05) is 16.8 Å². The van der Waals surface area contributed by atoms with E-state index in [1.165, 1.54) is 18.2 Å². The molecule has 0 aliphatic heterocycles. The molecular formula is C12H14ClN3O3S. The summed E-state index contributed by atoms with van der Waals surface area (Å²) in [7, 11) is -3.64. The molecule has 0 bridgehead atoms. The summed E-state index contributed by atoms with van der Waals surface area (Å²) < 4.78 is 31.6. The van der Waals surface area contributed by atoms with E-state index in [2.05, 4.69) is 9.88 Å². The van der Waals surface area contributed by atoms with E-state index >= 15 is 0 Å². The molecule has 8 heteroatoms. The fourth-order valence-electron chi connectivity index (χ4n) is 1.63. The molecule has 1 heterocycles. The molecule has 0 aliphatic rings. The summed E-state index contributed by atoms with van der Waals surface area (Å²) in [5, 5.41) is 4.16. The zero-order valence-corrected chi connectivity index (χ0v) is 12.3. The van der Waals surface area contributed by atoms with Gasteiger partial charge in [-0.15, -0.1) is 0 Å². The number of aryl methyl sites for hydroxylation is 1. The highest BCUT2D eigenvalue weighted by atomic mass is 35.5. The van der Waals surface area contributed by atoms with E-state index in [0.717, 1.165) is 0 Å². The number of halogens is 1. The third-order valence-electron chi connectivity index (χ3n) is 2.67. The summed E-state index contributed by atoms with van der Waals surface area (Å²) in [6, 6.07) is 6.06. The molecule has 108 valence electrons. The summed E-state index contributed by atoms with van der Waals surface area (Å²) in [6.07, 6.45) is 0. The SMILES string of the molecule is Cc1cc(CNS(=O)(=O)c2ccc(Cl)c(CN)c2)no1. The van der Waals surface area contributed by atoms with Gasteiger partial charge in [-0.05, 0) is 30.7 Å². The van der Waals surface area contributed by atoms with Crippen LogP contribution in [-0.2, 0) is 23.1 Å². The van der Waals surface area contributed by atoms with Crippen LogP contribution in [0.15, 0.2) is 33.7 Å². The van der Waals surface area contributed by atoms with Gasteiger partial charge in [0.05, 0.1) is 17.1 Å². The lowest BCUT2D eigenvalue weighted by atomic mass is 10.2. The number of rotatable bonds is 5. The Hall–Kier alpha value is -1.41. The van der Waals surface area contributed by atoms with Crippen molar-refractivity contribution in [3.63, 3.8) is 0 Å². The van der Waals surface area contributed by atoms with Crippen molar-refractivity contribution < 1.29 is 12.9 Å². The van der Waals surface area contributed by atoms with Gasteiger partial charge in [0.25, 0.3) is 0 Å². The maximum absolute atomic E-state index is 12.1. The highest BCUT2D eigenvalue weighted by molar-refractivity contribution is 7.89. The average molecular weight is 316 g/mol. The minimum Gasteiger partial charge on any atom is -0.361 e. The van der Waals surface area contributed by atoms with Crippen LogP contribution in [-0.4, -0.2) is 13.6 Å². The van der Waals surface area contributed by atoms with E-state index in [4.69, 9.17) is 21.9 Å². The van der Waals surface area contributed by atoms with Crippen LogP contribution in [0, 0.1) is 6.92 Å². The van der Waals surface area contributed by atoms with Crippen molar-refractivity contribution in [1.29, 1.82) is 0 Å². The lowest BCUT2D eigenvalue weighted by molar-refractivity contribution is 0.390. The zero-order valence-electron chi connectivity index (χ0n) is 10.8. The third kappa shape index (κ3) is 3.37. The average Bonchev–Trinajstić information content (AvgIpc) is 2.83. The first kappa shape index (κ1) is 15.0. The Bertz CT molecular complexity index is 712. The second-order valence-electron chi connectivity index (χ2n) is 4.21. The van der Waals surface area contributed by atoms with E-state index in [9.17, 15) is 8.42 Å². The van der Waals surface area contributed by atoms with Gasteiger partial charge in [0.2, 0.25) is 10.0 Å². The van der Waals surface area contributed by atoms with Crippen molar-refractivity contribution in [3.05, 3.63) is 46.3 Å². The van der Waals surface area contributed by atoms with Gasteiger partial charge >= 0.3 is 0 Å². The van der Waals surface area contributed by atoms with Crippen LogP contribution >= 0.6 is 11.6 Å². The van der Waals surface area contributed by atoms with Crippen LogP contribution in [0.4, 0.5) is 0 Å². The Morgan fingerprint density at radius 3 is 2.75 bits per heavy atom. The first-order valence-electron chi connectivity index (χ1n) is 5.83. The number of hydrogen-bond acceptors (Lipinski definition) is 5. The van der Waals surface area contributed by atoms with Crippen LogP contribution in [0.2, 0.25) is 5.02 Å². The van der Waals surface area contributed by atoms with E-state index in [-0.39, 0.29) is 18.0 Å². The lowest BCUT2D eigenvalue weighted by Gasteiger charge is -2.08. The van der Waals surface area contributed by atoms with Gasteiger partial charge in [0.15, 0.2) is 0 Å². The van der Waals surface area contributed by atoms with Gasteiger partial charge in [0, 0.05) is 17.6 Å². The number of benzene rings is 1. The molecule has 2 rings (SSSR count). The Balaban J connectivity index is 2.17. The Morgan fingerprint density at radius 1 is 1.40 bits per heavy atom. The van der Waals surface area contributed by atoms with Crippen LogP contribution in [0.5, 0.6) is 0 Å². The van der Waals surface area contributed by atoms with Crippen LogP contribution in [0.1, 0.15) is 17.0 Å². The highest BCUT2D eigenvalue weighted by Crippen LogP contribution is 2.20. The van der Waals surface area contributed by atoms with Gasteiger partial charge in [-0.2, -0.15) is 0 Å². The maximum atomic E-state index is 12.1. The number of nitrogens with two attached hydrogens (primary N) is 1. The molecule has 0 saturated carbocycles. The fourth-order valence-corrected chi connectivity index (χ4v) is 2.87. The van der Waals surface area contributed by atoms with Crippen molar-refractivity contribution in [2.75, 3.05) is 0 Å². The van der Waals surface area contributed by atoms with Gasteiger partial charge in [-0.25, -0.2) is 13.1 Å². The first-order chi connectivity index (χ1) is 9.42. The fraction of sp³-hybridized carbons (Fsp3) is 0.250. The standard InChI is InChI=1S/C12H14ClN3O3S/c1-8-4-10(16-19-8)7-15-20(17,18)11-2-3-12(13)9(5-11)6-14/h2-5,15H,6-7,14H2,1H3. The van der Waals surface area contributed by atoms with Crippen molar-refractivity contribution in [2.24, 2.45) is 5.73 Å². The summed E-state index contributed by atoms with van der Waals surface area (Å²) in [4.78, 5) is 0.113. The predicted octanol–water partition coefficient (Wildman–Crippen LogP) is 1.57. The minimum absolute atomic E-state index is 0.0558. The Morgan fingerprint density at radius 2 is 2.15 bits per heavy atom. The molecule has 0 spiro atoms. The number of nitrogens with zero attached hydrogens (tertiary/aromatic N) is 1. The number of aromatic nitrogens is 1. The molecule has 0 unspecified atom stereocenters. The topological polar surface area (TPSA) is 98.2 Å². The molecule has 0 amide bonds. The van der Waals surface area contributed by atoms with Crippen LogP contribution in [0.3, 0.4) is 0 Å². The van der Waals surface area contributed by atoms with Crippen LogP contribution in [0.25, 0.3) is 0 Å². The summed E-state index contributed by atoms with van der Waals surface area (Å²) in [5.41, 5.74) is 6.60. The number of nitrogens with one attached hydrogen (secondary N) is 1. The third-order valence-corrected chi connectivity index (χ3v) is 4.44. The molecule has 1 aromatic carbocycles. The molecule has 0 radical (unpaired) electrons. The second-order valence-corrected chi connectivity index (χ2v) is 6.38. The molecule has 2 aromatic rings. The van der Waals surface area contributed by atoms with Crippen LogP contribution < -0.4 is 10.5 Å². The van der Waals surface area contributed by atoms with E-state index < -0.39 is 10.0 Å². The maximum Gasteiger partial charge on any atom is 0.240 e. The molecule has 1 aromatic heterocycles. The highest BCUT2D eigenvalue weighted by Gasteiger charge is 2.16. The molecule has 3 N–H and O–H groups in total. The lowest BCUT2D eigenvalue weighted by Crippen LogP contribution is -2.23. The largest absolute Gasteiger partial charge is 0.361 e. The normalized spacial score (nSPS) is 11.8. The van der Waals surface area contributed by atoms with Crippen molar-refractivity contribution in [3.8, 4) is 0 Å². The monoisotopic (exact) mass is 315 g/mol. The van der Waals surface area contributed by atoms with E-state index in [0.29, 0.717) is 22.0 Å². The predicted molar refractivity (Wildman–Crippen MR) is 74.6 cm³/mol. The van der Waals surface area contributed by atoms with E-state index in [1.807, 2.05) is 0 Å². The molecule has 20 heavy (non-hydrogen) atoms. The molecular weight excluding hydrogens is 302 g/mol. The summed E-state index contributed by atoms with van der Waals surface area (Å²) in [6.45, 7) is 1.96. The first-order valence-corrected chi connectivity index (χ1v) is 7.69. The molecule has 0 saturated heterocycles. The summed E-state index contributed by atoms with van der Waals surface area (Å²) >= 11 is 5.90. The molecule has 0 aliphatic carbocycles. The Kier molecular flexibility index (Phi) is 4.44. The van der Waals surface area contributed by atoms with E-state index in [1.54, 1.807) is 13.0 Å². The van der Waals surface area contributed by atoms with Gasteiger partial charge in [-0.3, -0.25) is 0 Å². The van der Waals surface area contributed by atoms with Gasteiger partial charge in [0.1, 0.15) is 5.76 Å².